The third-order valence-electron chi connectivity index (χ3n) is 17.8. The van der Waals surface area contributed by atoms with Crippen molar-refractivity contribution in [2.24, 2.45) is 0 Å². The molecule has 7 aliphatic rings. The zero-order valence-electron chi connectivity index (χ0n) is 34.0. The van der Waals surface area contributed by atoms with E-state index in [1.54, 1.807) is 0 Å². The summed E-state index contributed by atoms with van der Waals surface area (Å²) in [5.74, 6) is 0.267. The molecule has 3 nitrogen and oxygen atoms in total. The van der Waals surface area contributed by atoms with E-state index in [0.717, 1.165) is 33.3 Å². The summed E-state index contributed by atoms with van der Waals surface area (Å²) in [4.78, 5) is 30.6. The van der Waals surface area contributed by atoms with E-state index in [1.807, 2.05) is 0 Å². The van der Waals surface area contributed by atoms with Gasteiger partial charge in [-0.05, 0) is 108 Å². The van der Waals surface area contributed by atoms with Gasteiger partial charge in [0, 0.05) is 60.8 Å². The fourth-order valence-electron chi connectivity index (χ4n) is 15.8. The molecule has 2 aromatic heterocycles. The van der Waals surface area contributed by atoms with E-state index in [1.165, 1.54) is 93.8 Å². The van der Waals surface area contributed by atoms with Gasteiger partial charge < -0.3 is 4.40 Å². The van der Waals surface area contributed by atoms with Crippen LogP contribution in [0.5, 0.6) is 0 Å². The van der Waals surface area contributed by atoms with Crippen molar-refractivity contribution in [3.63, 3.8) is 0 Å². The lowest BCUT2D eigenvalue weighted by atomic mass is 9.36. The van der Waals surface area contributed by atoms with Crippen LogP contribution in [0, 0.1) is 0 Å². The van der Waals surface area contributed by atoms with E-state index < -0.39 is 0 Å². The van der Waals surface area contributed by atoms with E-state index in [-0.39, 0.29) is 51.5 Å². The number of hydrogen-bond acceptors (Lipinski definition) is 2. The molecule has 288 valence electrons. The molecule has 17 rings (SSSR count). The SMILES string of the molecule is CC1(C)c2ccccc2-c2cc3c4cc5c(cc4n4c6cc7c(cc6c(c21)c34)C1c2ccccc2C12c1ccccc1C2C7=O)C(=O)C1c2ccccc2C12c1ccccc1C52. The van der Waals surface area contributed by atoms with Crippen molar-refractivity contribution in [3.8, 4) is 11.1 Å². The van der Waals surface area contributed by atoms with Gasteiger partial charge in [0.2, 0.25) is 0 Å². The van der Waals surface area contributed by atoms with Gasteiger partial charge in [0.25, 0.3) is 0 Å². The lowest BCUT2D eigenvalue weighted by molar-refractivity contribution is 0.0839. The molecule has 0 fully saturated rings. The molecule has 62 heavy (non-hydrogen) atoms. The highest BCUT2D eigenvalue weighted by molar-refractivity contribution is 6.28. The highest BCUT2D eigenvalue weighted by Crippen LogP contribution is 2.75. The van der Waals surface area contributed by atoms with Crippen LogP contribution in [0.2, 0.25) is 0 Å². The van der Waals surface area contributed by atoms with Gasteiger partial charge in [0.05, 0.1) is 28.4 Å². The number of aromatic nitrogens is 1. The lowest BCUT2D eigenvalue weighted by Crippen LogP contribution is -2.61. The molecule has 6 unspecified atom stereocenters. The maximum atomic E-state index is 15.3. The Morgan fingerprint density at radius 3 is 1.37 bits per heavy atom. The fraction of sp³-hybridized carbons (Fsp3) is 0.153. The fourth-order valence-corrected chi connectivity index (χ4v) is 15.8. The second-order valence-electron chi connectivity index (χ2n) is 20.0. The number of hydrogen-bond donors (Lipinski definition) is 0. The Kier molecular flexibility index (Phi) is 4.87. The van der Waals surface area contributed by atoms with Crippen molar-refractivity contribution in [2.75, 3.05) is 0 Å². The normalized spacial score (nSPS) is 26.2. The summed E-state index contributed by atoms with van der Waals surface area (Å²) in [7, 11) is 0. The molecule has 0 radical (unpaired) electrons. The molecule has 0 saturated heterocycles. The van der Waals surface area contributed by atoms with Crippen LogP contribution in [0.3, 0.4) is 0 Å². The van der Waals surface area contributed by atoms with E-state index in [2.05, 4.69) is 170 Å². The number of ketones is 2. The minimum absolute atomic E-state index is 0.103. The molecular weight excluding hydrogens is 755 g/mol. The second-order valence-corrected chi connectivity index (χ2v) is 20.0. The van der Waals surface area contributed by atoms with Gasteiger partial charge in [0.15, 0.2) is 11.6 Å². The van der Waals surface area contributed by atoms with E-state index >= 15 is 9.59 Å². The van der Waals surface area contributed by atoms with E-state index in [9.17, 15) is 0 Å². The molecule has 3 heteroatoms. The third-order valence-corrected chi connectivity index (χ3v) is 17.8. The molecule has 6 atom stereocenters. The van der Waals surface area contributed by atoms with Gasteiger partial charge in [0.1, 0.15) is 0 Å². The molecule has 0 saturated carbocycles. The van der Waals surface area contributed by atoms with Crippen molar-refractivity contribution in [3.05, 3.63) is 230 Å². The first kappa shape index (κ1) is 31.7. The number of Topliss-reactive ketones (excluding diaryl/α,β-unsaturated/α-hetero) is 2. The molecule has 10 aromatic rings. The highest BCUT2D eigenvalue weighted by Gasteiger charge is 2.70. The molecule has 7 aliphatic carbocycles. The van der Waals surface area contributed by atoms with Crippen LogP contribution in [-0.4, -0.2) is 16.0 Å². The smallest absolute Gasteiger partial charge is 0.171 e. The predicted octanol–water partition coefficient (Wildman–Crippen LogP) is 12.6. The van der Waals surface area contributed by atoms with Crippen LogP contribution < -0.4 is 0 Å². The minimum Gasteiger partial charge on any atom is -0.308 e. The Morgan fingerprint density at radius 1 is 0.403 bits per heavy atom. The number of benzene rings is 8. The second kappa shape index (κ2) is 9.52. The molecule has 0 bridgehead atoms. The number of nitrogens with zero attached hydrogens (tertiary/aromatic N) is 1. The van der Waals surface area contributed by atoms with Crippen LogP contribution in [0.15, 0.2) is 152 Å². The minimum atomic E-state index is -0.329. The van der Waals surface area contributed by atoms with E-state index in [0.29, 0.717) is 0 Å². The summed E-state index contributed by atoms with van der Waals surface area (Å²) in [5.41, 5.74) is 22.0. The first-order chi connectivity index (χ1) is 30.4. The van der Waals surface area contributed by atoms with Gasteiger partial charge in [-0.2, -0.15) is 0 Å². The molecule has 2 spiro atoms. The first-order valence-corrected chi connectivity index (χ1v) is 22.3. The Bertz CT molecular complexity index is 3940. The number of rotatable bonds is 0. The van der Waals surface area contributed by atoms with Gasteiger partial charge in [-0.15, -0.1) is 0 Å². The largest absolute Gasteiger partial charge is 0.308 e. The Balaban J connectivity index is 1.02. The van der Waals surface area contributed by atoms with Crippen molar-refractivity contribution in [2.45, 2.75) is 53.8 Å². The highest BCUT2D eigenvalue weighted by atomic mass is 16.1. The number of carbonyl (C=O) groups is 2. The van der Waals surface area contributed by atoms with Crippen LogP contribution >= 0.6 is 0 Å². The van der Waals surface area contributed by atoms with Crippen molar-refractivity contribution < 1.29 is 9.59 Å². The zero-order valence-corrected chi connectivity index (χ0v) is 34.0. The maximum Gasteiger partial charge on any atom is 0.171 e. The lowest BCUT2D eigenvalue weighted by Gasteiger charge is -2.64. The van der Waals surface area contributed by atoms with Crippen LogP contribution in [0.25, 0.3) is 49.2 Å². The van der Waals surface area contributed by atoms with Crippen molar-refractivity contribution in [1.29, 1.82) is 0 Å². The predicted molar refractivity (Wildman–Crippen MR) is 244 cm³/mol. The summed E-state index contributed by atoms with van der Waals surface area (Å²) < 4.78 is 2.45. The van der Waals surface area contributed by atoms with E-state index in [4.69, 9.17) is 0 Å². The van der Waals surface area contributed by atoms with Crippen LogP contribution in [0.1, 0.15) is 125 Å². The number of fused-ring (bicyclic) bond motifs is 22. The molecule has 0 amide bonds. The van der Waals surface area contributed by atoms with Crippen molar-refractivity contribution in [1.82, 2.24) is 4.40 Å². The third kappa shape index (κ3) is 2.84. The monoisotopic (exact) mass is 789 g/mol. The summed E-state index contributed by atoms with van der Waals surface area (Å²) in [6.45, 7) is 4.77. The molecule has 0 N–H and O–H groups in total. The number of carbonyl (C=O) groups excluding carboxylic acids is 2. The van der Waals surface area contributed by atoms with Gasteiger partial charge in [-0.3, -0.25) is 9.59 Å². The van der Waals surface area contributed by atoms with Crippen molar-refractivity contribution >= 4 is 49.7 Å². The summed E-state index contributed by atoms with van der Waals surface area (Å²) >= 11 is 0. The summed E-state index contributed by atoms with van der Waals surface area (Å²) in [6, 6.07) is 55.8. The molecular formula is C59H35NO2. The Labute approximate surface area is 356 Å². The molecule has 2 heterocycles. The zero-order chi connectivity index (χ0) is 40.5. The standard InChI is InChI=1S/C59H35NO2/c1-57(2)41-18-8-3-13-28(41)34-24-37-33-23-35-38(55(61)52-31-16-6-11-21-44(31)58(52)42-19-9-4-14-29(42)49(35)58)26-46(33)60-47-27-39-36(25-40(47)48(51(34)57)54(37)60)50-30-15-5-10-20-43(30)59(50)45-22-12-7-17-32(45)53(59)56(39)62/h3-27,49-50,52-53H,1-2H3. The van der Waals surface area contributed by atoms with Gasteiger partial charge in [-0.1, -0.05) is 135 Å². The average Bonchev–Trinajstić information content (AvgIpc) is 3.85. The summed E-state index contributed by atoms with van der Waals surface area (Å²) in [5, 5.41) is 4.87. The first-order valence-electron chi connectivity index (χ1n) is 22.3. The molecule has 0 aliphatic heterocycles. The summed E-state index contributed by atoms with van der Waals surface area (Å²) in [6.07, 6.45) is 0. The van der Waals surface area contributed by atoms with Gasteiger partial charge >= 0.3 is 0 Å². The molecule has 8 aromatic carbocycles. The topological polar surface area (TPSA) is 38.5 Å². The Hall–Kier alpha value is -7.10. The quantitative estimate of drug-likeness (QED) is 0.153. The average molecular weight is 790 g/mol. The maximum absolute atomic E-state index is 15.3. The van der Waals surface area contributed by atoms with Gasteiger partial charge in [-0.25, -0.2) is 0 Å². The van der Waals surface area contributed by atoms with Crippen LogP contribution in [0.4, 0.5) is 0 Å². The van der Waals surface area contributed by atoms with Crippen LogP contribution in [-0.2, 0) is 16.2 Å². The Morgan fingerprint density at radius 2 is 0.839 bits per heavy atom.